The third kappa shape index (κ3) is 13.6. The Kier molecular flexibility index (Phi) is 14.7. The van der Waals surface area contributed by atoms with Gasteiger partial charge >= 0.3 is 152 Å². The van der Waals surface area contributed by atoms with Gasteiger partial charge in [-0.2, -0.15) is 0 Å². The quantitative estimate of drug-likeness (QED) is 0.199. The fourth-order valence-corrected chi connectivity index (χ4v) is 7.11. The van der Waals surface area contributed by atoms with Gasteiger partial charge in [0, 0.05) is 0 Å². The van der Waals surface area contributed by atoms with Crippen LogP contribution >= 0.6 is 7.06 Å². The van der Waals surface area contributed by atoms with Crippen LogP contribution in [0.15, 0.2) is 0 Å². The molecule has 3 heteroatoms. The van der Waals surface area contributed by atoms with Gasteiger partial charge in [-0.3, -0.25) is 0 Å². The summed E-state index contributed by atoms with van der Waals surface area (Å²) in [6.07, 6.45) is 19.9. The topological polar surface area (TPSA) is 40.5 Å². The van der Waals surface area contributed by atoms with Gasteiger partial charge in [0.1, 0.15) is 0 Å². The molecule has 0 unspecified atom stereocenters. The molecule has 0 aromatic carbocycles. The van der Waals surface area contributed by atoms with Gasteiger partial charge in [-0.25, -0.2) is 0 Å². The van der Waals surface area contributed by atoms with Crippen LogP contribution in [0.3, 0.4) is 0 Å². The van der Waals surface area contributed by atoms with Gasteiger partial charge in [-0.1, -0.05) is 0 Å². The average Bonchev–Trinajstić information content (AvgIpc) is 2.54. The van der Waals surface area contributed by atoms with Gasteiger partial charge in [0.2, 0.25) is 0 Å². The van der Waals surface area contributed by atoms with Crippen molar-refractivity contribution in [3.05, 3.63) is 0 Å². The summed E-state index contributed by atoms with van der Waals surface area (Å²) >= 11 is 0. The van der Waals surface area contributed by atoms with E-state index in [1.807, 2.05) is 0 Å². The second-order valence-electron chi connectivity index (χ2n) is 8.02. The molecule has 0 spiro atoms. The van der Waals surface area contributed by atoms with Crippen molar-refractivity contribution in [3.63, 3.8) is 0 Å². The van der Waals surface area contributed by atoms with Crippen LogP contribution in [-0.4, -0.2) is 28.3 Å². The standard InChI is InChI=1S/C21H47O2P/c1-4-7-10-13-16-19-24(22,23,20-17-14-11-8-5-2)21-18-15-12-9-6-3/h22-23H,4-21H2,1-3H3. The zero-order chi connectivity index (χ0) is 18.2. The molecule has 0 radical (unpaired) electrons. The van der Waals surface area contributed by atoms with Crippen LogP contribution in [0, 0.1) is 0 Å². The van der Waals surface area contributed by atoms with Crippen molar-refractivity contribution in [1.82, 2.24) is 0 Å². The van der Waals surface area contributed by atoms with Crippen molar-refractivity contribution < 1.29 is 9.79 Å². The summed E-state index contributed by atoms with van der Waals surface area (Å²) in [5, 5.41) is 0. The van der Waals surface area contributed by atoms with Crippen LogP contribution in [0.1, 0.15) is 117 Å². The summed E-state index contributed by atoms with van der Waals surface area (Å²) < 4.78 is 0. The Morgan fingerprint density at radius 2 is 0.667 bits per heavy atom. The predicted octanol–water partition coefficient (Wildman–Crippen LogP) is 7.27. The zero-order valence-electron chi connectivity index (χ0n) is 17.1. The van der Waals surface area contributed by atoms with Gasteiger partial charge in [0.25, 0.3) is 0 Å². The minimum absolute atomic E-state index is 0.691. The van der Waals surface area contributed by atoms with E-state index in [1.54, 1.807) is 0 Å². The van der Waals surface area contributed by atoms with Gasteiger partial charge in [-0.15, -0.1) is 0 Å². The molecule has 0 amide bonds. The molecule has 148 valence electrons. The van der Waals surface area contributed by atoms with Crippen LogP contribution in [0.2, 0.25) is 0 Å². The first-order valence-electron chi connectivity index (χ1n) is 11.0. The molecule has 2 N–H and O–H groups in total. The molecule has 0 aliphatic heterocycles. The molecule has 0 aromatic heterocycles. The third-order valence-corrected chi connectivity index (χ3v) is 9.38. The third-order valence-electron chi connectivity index (χ3n) is 5.33. The summed E-state index contributed by atoms with van der Waals surface area (Å²) in [6, 6.07) is 0. The monoisotopic (exact) mass is 362 g/mol. The Bertz CT molecular complexity index is 236. The van der Waals surface area contributed by atoms with Gasteiger partial charge in [0.15, 0.2) is 0 Å². The van der Waals surface area contributed by atoms with E-state index in [9.17, 15) is 9.79 Å². The number of hydrogen-bond acceptors (Lipinski definition) is 2. The normalized spacial score (nSPS) is 13.8. The van der Waals surface area contributed by atoms with Crippen molar-refractivity contribution in [2.24, 2.45) is 0 Å². The van der Waals surface area contributed by atoms with Gasteiger partial charge in [-0.05, 0) is 0 Å². The molecule has 0 saturated carbocycles. The molecule has 0 saturated heterocycles. The zero-order valence-corrected chi connectivity index (χ0v) is 18.0. The van der Waals surface area contributed by atoms with E-state index in [1.165, 1.54) is 77.0 Å². The van der Waals surface area contributed by atoms with Crippen molar-refractivity contribution in [3.8, 4) is 0 Å². The molecule has 0 bridgehead atoms. The van der Waals surface area contributed by atoms with E-state index in [-0.39, 0.29) is 0 Å². The first kappa shape index (κ1) is 24.4. The second kappa shape index (κ2) is 14.5. The van der Waals surface area contributed by atoms with Gasteiger partial charge in [0.05, 0.1) is 0 Å². The molecule has 0 atom stereocenters. The van der Waals surface area contributed by atoms with Crippen molar-refractivity contribution in [2.75, 3.05) is 18.5 Å². The van der Waals surface area contributed by atoms with E-state index in [2.05, 4.69) is 20.8 Å². The molecule has 0 aromatic rings. The van der Waals surface area contributed by atoms with Crippen LogP contribution in [0.5, 0.6) is 0 Å². The summed E-state index contributed by atoms with van der Waals surface area (Å²) in [5.41, 5.74) is 0. The van der Waals surface area contributed by atoms with E-state index in [4.69, 9.17) is 0 Å². The van der Waals surface area contributed by atoms with Crippen molar-refractivity contribution >= 4 is 7.06 Å². The first-order valence-corrected chi connectivity index (χ1v) is 13.7. The Labute approximate surface area is 152 Å². The summed E-state index contributed by atoms with van der Waals surface area (Å²) in [7, 11) is -3.41. The van der Waals surface area contributed by atoms with Gasteiger partial charge < -0.3 is 0 Å². The Balaban J connectivity index is 4.30. The fourth-order valence-electron chi connectivity index (χ4n) is 3.58. The van der Waals surface area contributed by atoms with Crippen LogP contribution in [-0.2, 0) is 0 Å². The predicted molar refractivity (Wildman–Crippen MR) is 112 cm³/mol. The molecule has 0 aliphatic carbocycles. The summed E-state index contributed by atoms with van der Waals surface area (Å²) in [4.78, 5) is 22.5. The molecular formula is C21H47O2P. The molecule has 24 heavy (non-hydrogen) atoms. The Hall–Kier alpha value is 0.350. The van der Waals surface area contributed by atoms with Crippen molar-refractivity contribution in [2.45, 2.75) is 117 Å². The minimum atomic E-state index is -3.41. The Morgan fingerprint density at radius 1 is 0.417 bits per heavy atom. The van der Waals surface area contributed by atoms with Crippen LogP contribution in [0.4, 0.5) is 0 Å². The summed E-state index contributed by atoms with van der Waals surface area (Å²) in [5.74, 6) is 0. The second-order valence-corrected chi connectivity index (χ2v) is 12.6. The van der Waals surface area contributed by atoms with E-state index >= 15 is 0 Å². The SMILES string of the molecule is CCCCCCCP(O)(O)(CCCCCCC)CCCCCCC. The van der Waals surface area contributed by atoms with E-state index < -0.39 is 7.06 Å². The average molecular weight is 363 g/mol. The maximum absolute atomic E-state index is 11.2. The van der Waals surface area contributed by atoms with Crippen LogP contribution in [0.25, 0.3) is 0 Å². The molecular weight excluding hydrogens is 315 g/mol. The maximum atomic E-state index is 11.2. The van der Waals surface area contributed by atoms with Crippen LogP contribution < -0.4 is 0 Å². The van der Waals surface area contributed by atoms with E-state index in [0.717, 1.165) is 19.3 Å². The molecule has 0 fully saturated rings. The molecule has 0 aliphatic rings. The van der Waals surface area contributed by atoms with Crippen molar-refractivity contribution in [1.29, 1.82) is 0 Å². The number of rotatable bonds is 18. The Morgan fingerprint density at radius 3 is 0.917 bits per heavy atom. The fraction of sp³-hybridized carbons (Fsp3) is 1.00. The number of unbranched alkanes of at least 4 members (excludes halogenated alkanes) is 12. The summed E-state index contributed by atoms with van der Waals surface area (Å²) in [6.45, 7) is 6.68. The molecule has 2 nitrogen and oxygen atoms in total. The first-order chi connectivity index (χ1) is 11.5. The molecule has 0 rings (SSSR count). The number of hydrogen-bond donors (Lipinski definition) is 2. The van der Waals surface area contributed by atoms with E-state index in [0.29, 0.717) is 18.5 Å². The molecule has 0 heterocycles.